The van der Waals surface area contributed by atoms with Crippen LogP contribution in [0.2, 0.25) is 0 Å². The molecule has 0 radical (unpaired) electrons. The van der Waals surface area contributed by atoms with E-state index in [9.17, 15) is 13.2 Å². The number of ether oxygens (including phenoxy) is 1. The van der Waals surface area contributed by atoms with E-state index in [1.165, 1.54) is 0 Å². The fourth-order valence-electron chi connectivity index (χ4n) is 4.61. The first kappa shape index (κ1) is 20.7. The van der Waals surface area contributed by atoms with Crippen molar-refractivity contribution in [3.63, 3.8) is 0 Å². The highest BCUT2D eigenvalue weighted by Crippen LogP contribution is 2.49. The van der Waals surface area contributed by atoms with Gasteiger partial charge in [0, 0.05) is 18.7 Å². The van der Waals surface area contributed by atoms with E-state index in [0.717, 1.165) is 16.9 Å². The van der Waals surface area contributed by atoms with E-state index < -0.39 is 20.5 Å². The third-order valence-corrected chi connectivity index (χ3v) is 9.04. The van der Waals surface area contributed by atoms with Crippen molar-refractivity contribution in [1.29, 1.82) is 0 Å². The second-order valence-electron chi connectivity index (χ2n) is 8.32. The summed E-state index contributed by atoms with van der Waals surface area (Å²) in [6.45, 7) is 0.302. The van der Waals surface area contributed by atoms with Crippen molar-refractivity contribution in [2.45, 2.75) is 23.5 Å². The van der Waals surface area contributed by atoms with Gasteiger partial charge < -0.3 is 14.2 Å². The number of hydrogen-bond donors (Lipinski definition) is 0. The molecule has 1 aromatic heterocycles. The molecule has 166 valence electrons. The van der Waals surface area contributed by atoms with Gasteiger partial charge in [0.2, 0.25) is 17.6 Å². The minimum absolute atomic E-state index is 0.0568. The lowest BCUT2D eigenvalue weighted by Gasteiger charge is -2.49. The van der Waals surface area contributed by atoms with Crippen molar-refractivity contribution < 1.29 is 22.5 Å². The molecule has 3 heterocycles. The average molecular weight is 454 g/mol. The fraction of sp³-hybridized carbons (Fsp3) is 0.348. The quantitative estimate of drug-likeness (QED) is 0.585. The maximum Gasteiger partial charge on any atom is 0.231 e. The lowest BCUT2D eigenvalue weighted by molar-refractivity contribution is -0.136. The molecule has 1 atom stereocenters. The molecular weight excluding hydrogens is 430 g/mol. The minimum Gasteiger partial charge on any atom is -0.497 e. The number of hydrogen-bond acceptors (Lipinski definition) is 7. The number of amides is 1. The van der Waals surface area contributed by atoms with Gasteiger partial charge in [-0.05, 0) is 24.1 Å². The monoisotopic (exact) mass is 453 g/mol. The Morgan fingerprint density at radius 3 is 2.56 bits per heavy atom. The van der Waals surface area contributed by atoms with Crippen molar-refractivity contribution >= 4 is 15.7 Å². The second-order valence-corrected chi connectivity index (χ2v) is 10.8. The third kappa shape index (κ3) is 3.37. The molecule has 2 fully saturated rings. The van der Waals surface area contributed by atoms with Crippen LogP contribution in [0.5, 0.6) is 5.75 Å². The summed E-state index contributed by atoms with van der Waals surface area (Å²) >= 11 is 0. The van der Waals surface area contributed by atoms with Crippen molar-refractivity contribution in [3.05, 3.63) is 66.1 Å². The maximum atomic E-state index is 13.0. The predicted octanol–water partition coefficient (Wildman–Crippen LogP) is 2.47. The van der Waals surface area contributed by atoms with E-state index in [-0.39, 0.29) is 31.2 Å². The van der Waals surface area contributed by atoms with Gasteiger partial charge in [-0.25, -0.2) is 8.42 Å². The third-order valence-electron chi connectivity index (χ3n) is 6.49. The number of benzene rings is 2. The number of methoxy groups -OCH3 is 1. The van der Waals surface area contributed by atoms with Crippen LogP contribution in [-0.4, -0.2) is 60.1 Å². The molecule has 0 N–H and O–H groups in total. The first-order valence-corrected chi connectivity index (χ1v) is 12.1. The number of sulfone groups is 1. The first-order valence-electron chi connectivity index (χ1n) is 10.4. The van der Waals surface area contributed by atoms with Gasteiger partial charge in [0.1, 0.15) is 10.5 Å². The molecule has 2 saturated heterocycles. The molecule has 0 bridgehead atoms. The Morgan fingerprint density at radius 2 is 1.88 bits per heavy atom. The van der Waals surface area contributed by atoms with Crippen LogP contribution < -0.4 is 4.74 Å². The lowest BCUT2D eigenvalue weighted by Crippen LogP contribution is -2.67. The maximum absolute atomic E-state index is 13.0. The minimum atomic E-state index is -3.39. The van der Waals surface area contributed by atoms with Crippen LogP contribution in [0.15, 0.2) is 59.1 Å². The second kappa shape index (κ2) is 7.74. The van der Waals surface area contributed by atoms with Crippen LogP contribution in [0.4, 0.5) is 0 Å². The summed E-state index contributed by atoms with van der Waals surface area (Å²) in [6.07, 6.45) is 0.628. The smallest absolute Gasteiger partial charge is 0.231 e. The van der Waals surface area contributed by atoms with E-state index in [1.807, 2.05) is 42.5 Å². The summed E-state index contributed by atoms with van der Waals surface area (Å²) in [5.74, 6) is 1.03. The van der Waals surface area contributed by atoms with Gasteiger partial charge in [0.05, 0.1) is 25.2 Å². The van der Waals surface area contributed by atoms with E-state index in [4.69, 9.17) is 9.26 Å². The molecule has 32 heavy (non-hydrogen) atoms. The lowest BCUT2D eigenvalue weighted by atomic mass is 9.82. The number of carbonyl (C=O) groups is 1. The topological polar surface area (TPSA) is 103 Å². The zero-order valence-corrected chi connectivity index (χ0v) is 18.4. The van der Waals surface area contributed by atoms with Crippen LogP contribution >= 0.6 is 0 Å². The Balaban J connectivity index is 1.33. The molecule has 1 amide bonds. The largest absolute Gasteiger partial charge is 0.497 e. The average Bonchev–Trinajstić information content (AvgIpc) is 3.36. The number of nitrogens with zero attached hydrogens (tertiary/aromatic N) is 3. The Bertz CT molecular complexity index is 1230. The number of rotatable bonds is 5. The van der Waals surface area contributed by atoms with Gasteiger partial charge in [-0.15, -0.1) is 0 Å². The summed E-state index contributed by atoms with van der Waals surface area (Å²) in [4.78, 5) is 18.9. The summed E-state index contributed by atoms with van der Waals surface area (Å²) < 4.78 is 35.6. The zero-order valence-electron chi connectivity index (χ0n) is 17.6. The van der Waals surface area contributed by atoms with Crippen LogP contribution in [0.25, 0.3) is 11.4 Å². The van der Waals surface area contributed by atoms with Crippen molar-refractivity contribution in [3.8, 4) is 17.1 Å². The molecule has 0 aliphatic carbocycles. The molecule has 1 spiro atoms. The normalized spacial score (nSPS) is 20.8. The van der Waals surface area contributed by atoms with Crippen LogP contribution in [0.1, 0.15) is 23.8 Å². The molecule has 3 aromatic rings. The highest BCUT2D eigenvalue weighted by atomic mass is 32.2. The standard InChI is InChI=1S/C23H23N3O5S/c1-30-18-9-7-16(8-10-18)13-20(27)26-14-23(15-26)19(11-12-32(23,28)29)22-24-21(25-31-22)17-5-3-2-4-6-17/h2-10,19H,11-15H2,1H3. The van der Waals surface area contributed by atoms with Crippen molar-refractivity contribution in [1.82, 2.24) is 15.0 Å². The van der Waals surface area contributed by atoms with E-state index in [0.29, 0.717) is 18.1 Å². The molecule has 1 unspecified atom stereocenters. The Hall–Kier alpha value is -3.20. The van der Waals surface area contributed by atoms with Gasteiger partial charge in [0.25, 0.3) is 0 Å². The van der Waals surface area contributed by atoms with Crippen LogP contribution in [0, 0.1) is 0 Å². The predicted molar refractivity (Wildman–Crippen MR) is 117 cm³/mol. The highest BCUT2D eigenvalue weighted by Gasteiger charge is 2.64. The van der Waals surface area contributed by atoms with Gasteiger partial charge in [-0.3, -0.25) is 4.79 Å². The molecule has 9 heteroatoms. The van der Waals surface area contributed by atoms with Gasteiger partial charge >= 0.3 is 0 Å². The number of aromatic nitrogens is 2. The summed E-state index contributed by atoms with van der Waals surface area (Å²) in [7, 11) is -1.80. The Labute approximate surface area is 186 Å². The molecular formula is C23H23N3O5S. The molecule has 2 aromatic carbocycles. The van der Waals surface area contributed by atoms with Crippen molar-refractivity contribution in [2.24, 2.45) is 0 Å². The van der Waals surface area contributed by atoms with Crippen LogP contribution in [0.3, 0.4) is 0 Å². The highest BCUT2D eigenvalue weighted by molar-refractivity contribution is 7.93. The van der Waals surface area contributed by atoms with E-state index in [2.05, 4.69) is 10.1 Å². The summed E-state index contributed by atoms with van der Waals surface area (Å²) in [5.41, 5.74) is 1.66. The Morgan fingerprint density at radius 1 is 1.16 bits per heavy atom. The summed E-state index contributed by atoms with van der Waals surface area (Å²) in [6, 6.07) is 16.7. The van der Waals surface area contributed by atoms with Gasteiger partial charge in [0.15, 0.2) is 9.84 Å². The van der Waals surface area contributed by atoms with Gasteiger partial charge in [-0.1, -0.05) is 47.6 Å². The van der Waals surface area contributed by atoms with Gasteiger partial charge in [-0.2, -0.15) is 4.98 Å². The zero-order chi connectivity index (χ0) is 22.3. The Kier molecular flexibility index (Phi) is 5.00. The number of likely N-dealkylation sites (tertiary alicyclic amines) is 1. The first-order chi connectivity index (χ1) is 15.4. The summed E-state index contributed by atoms with van der Waals surface area (Å²) in [5, 5.41) is 4.06. The molecule has 2 aliphatic rings. The molecule has 0 saturated carbocycles. The van der Waals surface area contributed by atoms with Crippen molar-refractivity contribution in [2.75, 3.05) is 26.0 Å². The fourth-order valence-corrected chi connectivity index (χ4v) is 6.92. The SMILES string of the molecule is COc1ccc(CC(=O)N2CC3(C2)C(c2nc(-c4ccccc4)no2)CCS3(=O)=O)cc1. The van der Waals surface area contributed by atoms with E-state index >= 15 is 0 Å². The molecule has 8 nitrogen and oxygen atoms in total. The molecule has 2 aliphatic heterocycles. The molecule has 5 rings (SSSR count). The van der Waals surface area contributed by atoms with E-state index in [1.54, 1.807) is 24.1 Å². The number of carbonyl (C=O) groups excluding carboxylic acids is 1. The van der Waals surface area contributed by atoms with Crippen LogP contribution in [-0.2, 0) is 21.1 Å².